The normalized spacial score (nSPS) is 13.3. The van der Waals surface area contributed by atoms with Crippen LogP contribution in [0, 0.1) is 0 Å². The van der Waals surface area contributed by atoms with Crippen molar-refractivity contribution in [2.24, 2.45) is 5.73 Å². The zero-order chi connectivity index (χ0) is 13.3. The van der Waals surface area contributed by atoms with Gasteiger partial charge in [-0.05, 0) is 39.0 Å². The Morgan fingerprint density at radius 3 is 2.00 bits per heavy atom. The number of hydrogen-bond acceptors (Lipinski definition) is 3. The molecule has 4 nitrogen and oxygen atoms in total. The fraction of sp³-hybridized carbons (Fsp3) is 0.923. The molecule has 0 saturated carbocycles. The van der Waals surface area contributed by atoms with Crippen molar-refractivity contribution in [2.45, 2.75) is 46.6 Å². The van der Waals surface area contributed by atoms with Gasteiger partial charge in [0.15, 0.2) is 0 Å². The number of hydrogen-bond donors (Lipinski definition) is 1. The maximum atomic E-state index is 11.3. The van der Waals surface area contributed by atoms with Gasteiger partial charge in [-0.3, -0.25) is 9.69 Å². The van der Waals surface area contributed by atoms with Crippen molar-refractivity contribution in [1.29, 1.82) is 0 Å². The lowest BCUT2D eigenvalue weighted by Crippen LogP contribution is -2.45. The fourth-order valence-electron chi connectivity index (χ4n) is 2.21. The molecule has 0 heterocycles. The molecular weight excluding hydrogens is 214 g/mol. The van der Waals surface area contributed by atoms with Crippen LogP contribution in [0.2, 0.25) is 0 Å². The maximum absolute atomic E-state index is 11.3. The molecule has 1 atom stereocenters. The van der Waals surface area contributed by atoms with Crippen LogP contribution in [-0.2, 0) is 4.79 Å². The average Bonchev–Trinajstić information content (AvgIpc) is 2.32. The van der Waals surface area contributed by atoms with Crippen molar-refractivity contribution in [1.82, 2.24) is 9.80 Å². The summed E-state index contributed by atoms with van der Waals surface area (Å²) in [6.45, 7) is 13.6. The van der Waals surface area contributed by atoms with Gasteiger partial charge >= 0.3 is 0 Å². The predicted octanol–water partition coefficient (Wildman–Crippen LogP) is 1.30. The summed E-state index contributed by atoms with van der Waals surface area (Å²) in [5, 5.41) is 0. The van der Waals surface area contributed by atoms with E-state index >= 15 is 0 Å². The first-order chi connectivity index (χ1) is 8.10. The Labute approximate surface area is 106 Å². The molecule has 0 bridgehead atoms. The van der Waals surface area contributed by atoms with Gasteiger partial charge in [0, 0.05) is 6.54 Å². The molecule has 0 aromatic rings. The number of nitrogens with zero attached hydrogens (tertiary/aromatic N) is 2. The molecule has 0 aliphatic heterocycles. The first kappa shape index (κ1) is 16.4. The summed E-state index contributed by atoms with van der Waals surface area (Å²) in [6, 6.07) is -0.100. The monoisotopic (exact) mass is 243 g/mol. The smallest absolute Gasteiger partial charge is 0.234 e. The van der Waals surface area contributed by atoms with Crippen LogP contribution in [0.15, 0.2) is 0 Å². The van der Waals surface area contributed by atoms with Crippen molar-refractivity contribution >= 4 is 5.91 Å². The summed E-state index contributed by atoms with van der Waals surface area (Å²) >= 11 is 0. The lowest BCUT2D eigenvalue weighted by molar-refractivity contribution is -0.123. The highest BCUT2D eigenvalue weighted by Crippen LogP contribution is 2.05. The van der Waals surface area contributed by atoms with Crippen molar-refractivity contribution in [2.75, 3.05) is 32.7 Å². The molecule has 2 N–H and O–H groups in total. The van der Waals surface area contributed by atoms with Gasteiger partial charge in [0.1, 0.15) is 0 Å². The molecule has 0 fully saturated rings. The molecule has 0 radical (unpaired) electrons. The Kier molecular flexibility index (Phi) is 9.09. The number of rotatable bonds is 10. The van der Waals surface area contributed by atoms with Crippen LogP contribution in [0.4, 0.5) is 0 Å². The molecule has 0 aromatic heterocycles. The third-order valence-electron chi connectivity index (χ3n) is 3.38. The highest BCUT2D eigenvalue weighted by molar-refractivity contribution is 5.79. The Hall–Kier alpha value is -0.610. The third kappa shape index (κ3) is 6.03. The van der Waals surface area contributed by atoms with Gasteiger partial charge in [0.25, 0.3) is 0 Å². The van der Waals surface area contributed by atoms with E-state index in [0.717, 1.165) is 45.6 Å². The van der Waals surface area contributed by atoms with Crippen LogP contribution >= 0.6 is 0 Å². The first-order valence-electron chi connectivity index (χ1n) is 6.86. The van der Waals surface area contributed by atoms with Gasteiger partial charge < -0.3 is 10.6 Å². The number of carbonyl (C=O) groups is 1. The van der Waals surface area contributed by atoms with E-state index in [1.807, 2.05) is 6.92 Å². The van der Waals surface area contributed by atoms with E-state index in [-0.39, 0.29) is 11.9 Å². The SMILES string of the molecule is CCC(C(N)=O)N(CC)CCCN(CC)CC. The van der Waals surface area contributed by atoms with Crippen LogP contribution in [0.25, 0.3) is 0 Å². The van der Waals surface area contributed by atoms with Crippen molar-refractivity contribution in [3.05, 3.63) is 0 Å². The number of carbonyl (C=O) groups excluding carboxylic acids is 1. The summed E-state index contributed by atoms with van der Waals surface area (Å²) in [5.74, 6) is -0.197. The minimum Gasteiger partial charge on any atom is -0.368 e. The number of likely N-dealkylation sites (N-methyl/N-ethyl adjacent to an activating group) is 1. The Morgan fingerprint density at radius 1 is 1.06 bits per heavy atom. The molecule has 4 heteroatoms. The molecule has 0 rings (SSSR count). The largest absolute Gasteiger partial charge is 0.368 e. The zero-order valence-electron chi connectivity index (χ0n) is 11.9. The second kappa shape index (κ2) is 9.42. The van der Waals surface area contributed by atoms with Gasteiger partial charge in [0.05, 0.1) is 6.04 Å². The Balaban J connectivity index is 4.08. The van der Waals surface area contributed by atoms with Gasteiger partial charge in [-0.25, -0.2) is 0 Å². The molecule has 17 heavy (non-hydrogen) atoms. The molecule has 0 aliphatic carbocycles. The molecule has 0 spiro atoms. The summed E-state index contributed by atoms with van der Waals surface area (Å²) in [6.07, 6.45) is 1.90. The highest BCUT2D eigenvalue weighted by atomic mass is 16.1. The van der Waals surface area contributed by atoms with Gasteiger partial charge in [-0.1, -0.05) is 27.7 Å². The third-order valence-corrected chi connectivity index (χ3v) is 3.38. The molecular formula is C13H29N3O. The van der Waals surface area contributed by atoms with Crippen molar-refractivity contribution < 1.29 is 4.79 Å². The van der Waals surface area contributed by atoms with E-state index in [9.17, 15) is 4.79 Å². The summed E-state index contributed by atoms with van der Waals surface area (Å²) in [5.41, 5.74) is 5.42. The van der Waals surface area contributed by atoms with E-state index in [0.29, 0.717) is 0 Å². The van der Waals surface area contributed by atoms with E-state index in [1.54, 1.807) is 0 Å². The van der Waals surface area contributed by atoms with Crippen LogP contribution in [0.3, 0.4) is 0 Å². The molecule has 1 amide bonds. The van der Waals surface area contributed by atoms with Crippen LogP contribution in [0.1, 0.15) is 40.5 Å². The lowest BCUT2D eigenvalue weighted by atomic mass is 10.1. The van der Waals surface area contributed by atoms with Gasteiger partial charge in [-0.2, -0.15) is 0 Å². The van der Waals surface area contributed by atoms with E-state index in [2.05, 4.69) is 30.6 Å². The summed E-state index contributed by atoms with van der Waals surface area (Å²) in [7, 11) is 0. The highest BCUT2D eigenvalue weighted by Gasteiger charge is 2.19. The predicted molar refractivity (Wildman–Crippen MR) is 72.9 cm³/mol. The average molecular weight is 243 g/mol. The van der Waals surface area contributed by atoms with Crippen molar-refractivity contribution in [3.63, 3.8) is 0 Å². The standard InChI is InChI=1S/C13H29N3O/c1-5-12(13(14)17)16(8-4)11-9-10-15(6-2)7-3/h12H,5-11H2,1-4H3,(H2,14,17). The summed E-state index contributed by atoms with van der Waals surface area (Å²) in [4.78, 5) is 15.9. The number of primary amides is 1. The second-order valence-electron chi connectivity index (χ2n) is 4.34. The summed E-state index contributed by atoms with van der Waals surface area (Å²) < 4.78 is 0. The van der Waals surface area contributed by atoms with Crippen LogP contribution in [0.5, 0.6) is 0 Å². The molecule has 102 valence electrons. The van der Waals surface area contributed by atoms with E-state index < -0.39 is 0 Å². The minimum atomic E-state index is -0.197. The quantitative estimate of drug-likeness (QED) is 0.629. The number of nitrogens with two attached hydrogens (primary N) is 1. The zero-order valence-corrected chi connectivity index (χ0v) is 11.9. The molecule has 0 saturated heterocycles. The Bertz CT molecular complexity index is 205. The van der Waals surface area contributed by atoms with Crippen LogP contribution < -0.4 is 5.73 Å². The number of amides is 1. The van der Waals surface area contributed by atoms with Crippen molar-refractivity contribution in [3.8, 4) is 0 Å². The molecule has 0 aliphatic rings. The lowest BCUT2D eigenvalue weighted by Gasteiger charge is -2.28. The van der Waals surface area contributed by atoms with E-state index in [4.69, 9.17) is 5.73 Å². The minimum absolute atomic E-state index is 0.100. The fourth-order valence-corrected chi connectivity index (χ4v) is 2.21. The second-order valence-corrected chi connectivity index (χ2v) is 4.34. The van der Waals surface area contributed by atoms with Gasteiger partial charge in [-0.15, -0.1) is 0 Å². The van der Waals surface area contributed by atoms with Crippen LogP contribution in [-0.4, -0.2) is 54.5 Å². The topological polar surface area (TPSA) is 49.6 Å². The molecule has 0 aromatic carbocycles. The molecule has 1 unspecified atom stereocenters. The van der Waals surface area contributed by atoms with E-state index in [1.165, 1.54) is 0 Å². The maximum Gasteiger partial charge on any atom is 0.234 e. The van der Waals surface area contributed by atoms with Gasteiger partial charge in [0.2, 0.25) is 5.91 Å². The first-order valence-corrected chi connectivity index (χ1v) is 6.86. The Morgan fingerprint density at radius 2 is 1.65 bits per heavy atom.